The second kappa shape index (κ2) is 7.07. The zero-order valence-corrected chi connectivity index (χ0v) is 11.4. The molecule has 0 spiro atoms. The van der Waals surface area contributed by atoms with Gasteiger partial charge in [0, 0.05) is 18.3 Å². The van der Waals surface area contributed by atoms with Crippen molar-refractivity contribution in [1.29, 1.82) is 0 Å². The fraction of sp³-hybridized carbons (Fsp3) is 0.214. The van der Waals surface area contributed by atoms with Gasteiger partial charge in [-0.25, -0.2) is 9.37 Å². The van der Waals surface area contributed by atoms with Gasteiger partial charge in [0.1, 0.15) is 12.4 Å². The molecule has 0 aliphatic carbocycles. The molecular formula is C14H16ClFN2O. The van der Waals surface area contributed by atoms with E-state index in [1.54, 1.807) is 18.3 Å². The SMILES string of the molecule is Cc1cc(CN)cnc1OCc1ccc(F)cc1.Cl. The number of aromatic nitrogens is 1. The van der Waals surface area contributed by atoms with E-state index in [1.165, 1.54) is 12.1 Å². The van der Waals surface area contributed by atoms with Crippen LogP contribution in [0.25, 0.3) is 0 Å². The van der Waals surface area contributed by atoms with Crippen LogP contribution in [0.15, 0.2) is 36.5 Å². The minimum absolute atomic E-state index is 0. The van der Waals surface area contributed by atoms with Gasteiger partial charge in [-0.05, 0) is 36.2 Å². The molecule has 0 fully saturated rings. The maximum atomic E-state index is 12.7. The molecule has 3 nitrogen and oxygen atoms in total. The molecule has 19 heavy (non-hydrogen) atoms. The number of nitrogens with zero attached hydrogens (tertiary/aromatic N) is 1. The molecule has 1 heterocycles. The number of rotatable bonds is 4. The van der Waals surface area contributed by atoms with Gasteiger partial charge in [0.25, 0.3) is 0 Å². The van der Waals surface area contributed by atoms with E-state index in [2.05, 4.69) is 4.98 Å². The number of pyridine rings is 1. The van der Waals surface area contributed by atoms with Crippen LogP contribution in [-0.2, 0) is 13.2 Å². The van der Waals surface area contributed by atoms with Crippen LogP contribution in [0.1, 0.15) is 16.7 Å². The highest BCUT2D eigenvalue weighted by Crippen LogP contribution is 2.16. The Morgan fingerprint density at radius 3 is 2.47 bits per heavy atom. The van der Waals surface area contributed by atoms with Crippen LogP contribution in [-0.4, -0.2) is 4.98 Å². The molecule has 0 atom stereocenters. The third kappa shape index (κ3) is 4.19. The largest absolute Gasteiger partial charge is 0.473 e. The van der Waals surface area contributed by atoms with Crippen molar-refractivity contribution < 1.29 is 9.13 Å². The monoisotopic (exact) mass is 282 g/mol. The van der Waals surface area contributed by atoms with E-state index in [0.29, 0.717) is 19.0 Å². The first-order chi connectivity index (χ1) is 8.69. The average molecular weight is 283 g/mol. The Morgan fingerprint density at radius 2 is 1.89 bits per heavy atom. The summed E-state index contributed by atoms with van der Waals surface area (Å²) in [5.74, 6) is 0.330. The Hall–Kier alpha value is -1.65. The third-order valence-electron chi connectivity index (χ3n) is 2.61. The quantitative estimate of drug-likeness (QED) is 0.938. The summed E-state index contributed by atoms with van der Waals surface area (Å²) in [5, 5.41) is 0. The summed E-state index contributed by atoms with van der Waals surface area (Å²) >= 11 is 0. The summed E-state index contributed by atoms with van der Waals surface area (Å²) in [5.41, 5.74) is 8.35. The maximum Gasteiger partial charge on any atom is 0.216 e. The van der Waals surface area contributed by atoms with Crippen molar-refractivity contribution in [2.45, 2.75) is 20.1 Å². The lowest BCUT2D eigenvalue weighted by molar-refractivity contribution is 0.291. The van der Waals surface area contributed by atoms with E-state index >= 15 is 0 Å². The van der Waals surface area contributed by atoms with Crippen molar-refractivity contribution in [3.63, 3.8) is 0 Å². The van der Waals surface area contributed by atoms with Crippen LogP contribution in [0.3, 0.4) is 0 Å². The summed E-state index contributed by atoms with van der Waals surface area (Å²) < 4.78 is 18.3. The highest BCUT2D eigenvalue weighted by Gasteiger charge is 2.03. The van der Waals surface area contributed by atoms with E-state index in [-0.39, 0.29) is 18.2 Å². The predicted octanol–water partition coefficient (Wildman–Crippen LogP) is 2.99. The molecule has 0 unspecified atom stereocenters. The van der Waals surface area contributed by atoms with Gasteiger partial charge in [-0.2, -0.15) is 0 Å². The highest BCUT2D eigenvalue weighted by atomic mass is 35.5. The third-order valence-corrected chi connectivity index (χ3v) is 2.61. The fourth-order valence-corrected chi connectivity index (χ4v) is 1.62. The van der Waals surface area contributed by atoms with E-state index in [4.69, 9.17) is 10.5 Å². The molecule has 0 aliphatic rings. The summed E-state index contributed by atoms with van der Waals surface area (Å²) in [6, 6.07) is 8.16. The van der Waals surface area contributed by atoms with Crippen molar-refractivity contribution in [3.05, 3.63) is 59.0 Å². The van der Waals surface area contributed by atoms with Crippen molar-refractivity contribution in [2.24, 2.45) is 5.73 Å². The average Bonchev–Trinajstić information content (AvgIpc) is 2.39. The fourth-order valence-electron chi connectivity index (χ4n) is 1.62. The number of nitrogens with two attached hydrogens (primary N) is 1. The first-order valence-corrected chi connectivity index (χ1v) is 5.72. The van der Waals surface area contributed by atoms with Crippen molar-refractivity contribution in [1.82, 2.24) is 4.98 Å². The molecule has 1 aromatic heterocycles. The lowest BCUT2D eigenvalue weighted by Gasteiger charge is -2.09. The second-order valence-corrected chi connectivity index (χ2v) is 4.08. The van der Waals surface area contributed by atoms with Gasteiger partial charge in [-0.1, -0.05) is 12.1 Å². The van der Waals surface area contributed by atoms with Crippen LogP contribution >= 0.6 is 12.4 Å². The molecule has 0 saturated carbocycles. The number of halogens is 2. The zero-order chi connectivity index (χ0) is 13.0. The summed E-state index contributed by atoms with van der Waals surface area (Å²) in [7, 11) is 0. The summed E-state index contributed by atoms with van der Waals surface area (Å²) in [6.07, 6.45) is 1.70. The summed E-state index contributed by atoms with van der Waals surface area (Å²) in [6.45, 7) is 2.76. The number of ether oxygens (including phenoxy) is 1. The Morgan fingerprint density at radius 1 is 1.21 bits per heavy atom. The molecule has 0 saturated heterocycles. The van der Waals surface area contributed by atoms with Crippen molar-refractivity contribution in [2.75, 3.05) is 0 Å². The van der Waals surface area contributed by atoms with Gasteiger partial charge in [-0.3, -0.25) is 0 Å². The molecule has 0 amide bonds. The van der Waals surface area contributed by atoms with Gasteiger partial charge in [0.05, 0.1) is 0 Å². The Kier molecular flexibility index (Phi) is 5.73. The van der Waals surface area contributed by atoms with Gasteiger partial charge >= 0.3 is 0 Å². The molecule has 0 radical (unpaired) electrons. The highest BCUT2D eigenvalue weighted by molar-refractivity contribution is 5.85. The van der Waals surface area contributed by atoms with Crippen LogP contribution < -0.4 is 10.5 Å². The van der Waals surface area contributed by atoms with Gasteiger partial charge in [0.15, 0.2) is 0 Å². The van der Waals surface area contributed by atoms with Gasteiger partial charge in [0.2, 0.25) is 5.88 Å². The molecule has 0 bridgehead atoms. The van der Waals surface area contributed by atoms with Gasteiger partial charge < -0.3 is 10.5 Å². The lowest BCUT2D eigenvalue weighted by Crippen LogP contribution is -2.02. The van der Waals surface area contributed by atoms with Crippen molar-refractivity contribution >= 4 is 12.4 Å². The minimum atomic E-state index is -0.250. The molecule has 102 valence electrons. The Balaban J connectivity index is 0.00000180. The van der Waals surface area contributed by atoms with E-state index in [9.17, 15) is 4.39 Å². The Bertz CT molecular complexity index is 531. The molecule has 2 rings (SSSR count). The van der Waals surface area contributed by atoms with Crippen LogP contribution in [0.4, 0.5) is 4.39 Å². The molecule has 2 aromatic rings. The molecule has 5 heteroatoms. The number of hydrogen-bond donors (Lipinski definition) is 1. The summed E-state index contributed by atoms with van der Waals surface area (Å²) in [4.78, 5) is 4.21. The van der Waals surface area contributed by atoms with E-state index in [0.717, 1.165) is 16.7 Å². The number of benzene rings is 1. The van der Waals surface area contributed by atoms with Crippen LogP contribution in [0, 0.1) is 12.7 Å². The van der Waals surface area contributed by atoms with Crippen LogP contribution in [0.5, 0.6) is 5.88 Å². The van der Waals surface area contributed by atoms with Gasteiger partial charge in [-0.15, -0.1) is 12.4 Å². The first-order valence-electron chi connectivity index (χ1n) is 5.72. The van der Waals surface area contributed by atoms with E-state index < -0.39 is 0 Å². The lowest BCUT2D eigenvalue weighted by atomic mass is 10.2. The normalized spacial score (nSPS) is 9.84. The molecule has 1 aromatic carbocycles. The minimum Gasteiger partial charge on any atom is -0.473 e. The smallest absolute Gasteiger partial charge is 0.216 e. The topological polar surface area (TPSA) is 48.1 Å². The molecular weight excluding hydrogens is 267 g/mol. The zero-order valence-electron chi connectivity index (χ0n) is 10.6. The van der Waals surface area contributed by atoms with E-state index in [1.807, 2.05) is 13.0 Å². The first kappa shape index (κ1) is 15.4. The predicted molar refractivity (Wildman–Crippen MR) is 74.8 cm³/mol. The van der Waals surface area contributed by atoms with Crippen molar-refractivity contribution in [3.8, 4) is 5.88 Å². The Labute approximate surface area is 118 Å². The standard InChI is InChI=1S/C14H15FN2O.ClH/c1-10-6-12(7-16)8-17-14(10)18-9-11-2-4-13(15)5-3-11;/h2-6,8H,7,9,16H2,1H3;1H. The maximum absolute atomic E-state index is 12.7. The molecule has 0 aliphatic heterocycles. The molecule has 2 N–H and O–H groups in total. The number of hydrogen-bond acceptors (Lipinski definition) is 3. The van der Waals surface area contributed by atoms with Crippen LogP contribution in [0.2, 0.25) is 0 Å². The number of aryl methyl sites for hydroxylation is 1. The second-order valence-electron chi connectivity index (χ2n) is 4.08.